The van der Waals surface area contributed by atoms with Gasteiger partial charge in [0.25, 0.3) is 0 Å². The van der Waals surface area contributed by atoms with Gasteiger partial charge in [-0.05, 0) is 86.6 Å². The molecule has 0 amide bonds. The van der Waals surface area contributed by atoms with Gasteiger partial charge in [-0.15, -0.1) is 0 Å². The molecule has 0 radical (unpaired) electrons. The highest BCUT2D eigenvalue weighted by molar-refractivity contribution is 5.98. The van der Waals surface area contributed by atoms with Crippen LogP contribution in [0.2, 0.25) is 0 Å². The van der Waals surface area contributed by atoms with Gasteiger partial charge in [0, 0.05) is 16.5 Å². The third-order valence-electron chi connectivity index (χ3n) is 6.41. The molecule has 2 N–H and O–H groups in total. The van der Waals surface area contributed by atoms with Crippen molar-refractivity contribution in [2.45, 2.75) is 40.5 Å². The molecule has 0 aliphatic heterocycles. The van der Waals surface area contributed by atoms with Crippen molar-refractivity contribution in [1.82, 2.24) is 4.98 Å². The Balaban J connectivity index is 1.63. The summed E-state index contributed by atoms with van der Waals surface area (Å²) in [6.45, 7) is 8.74. The van der Waals surface area contributed by atoms with Gasteiger partial charge < -0.3 is 24.3 Å². The topological polar surface area (TPSA) is 80.8 Å². The number of nitrogens with one attached hydrogen (secondary N) is 1. The van der Waals surface area contributed by atoms with Crippen LogP contribution in [0.4, 0.5) is 4.79 Å². The highest BCUT2D eigenvalue weighted by Gasteiger charge is 2.19. The molecule has 1 aromatic heterocycles. The summed E-state index contributed by atoms with van der Waals surface area (Å²) < 4.78 is 16.6. The van der Waals surface area contributed by atoms with E-state index in [2.05, 4.69) is 37.9 Å². The van der Waals surface area contributed by atoms with Gasteiger partial charge in [-0.25, -0.2) is 4.79 Å². The van der Waals surface area contributed by atoms with Gasteiger partial charge in [0.05, 0.1) is 19.2 Å². The number of hydrogen-bond donors (Lipinski definition) is 2. The molecule has 4 aromatic rings. The number of carbonyl (C=O) groups is 1. The summed E-state index contributed by atoms with van der Waals surface area (Å²) in [6.07, 6.45) is -0.0272. The Hall–Kier alpha value is -3.93. The van der Waals surface area contributed by atoms with Crippen molar-refractivity contribution in [2.75, 3.05) is 13.7 Å². The van der Waals surface area contributed by atoms with Crippen LogP contribution in [0.5, 0.6) is 17.4 Å². The quantitative estimate of drug-likeness (QED) is 0.210. The molecule has 0 aliphatic carbocycles. The first kappa shape index (κ1) is 24.2. The number of carboxylic acid groups (broad SMARTS) is 1. The summed E-state index contributed by atoms with van der Waals surface area (Å²) in [5, 5.41) is 10.3. The first-order valence-electron chi connectivity index (χ1n) is 11.7. The number of hydrogen-bond acceptors (Lipinski definition) is 4. The Morgan fingerprint density at radius 1 is 0.971 bits per heavy atom. The number of para-hydroxylation sites is 1. The molecule has 6 nitrogen and oxygen atoms in total. The highest BCUT2D eigenvalue weighted by Crippen LogP contribution is 2.37. The fraction of sp³-hybridized carbons (Fsp3) is 0.276. The molecule has 6 heteroatoms. The van der Waals surface area contributed by atoms with Crippen molar-refractivity contribution < 1.29 is 24.1 Å². The van der Waals surface area contributed by atoms with E-state index < -0.39 is 6.16 Å². The molecule has 0 atom stereocenters. The Labute approximate surface area is 205 Å². The van der Waals surface area contributed by atoms with Gasteiger partial charge in [0.1, 0.15) is 11.5 Å². The van der Waals surface area contributed by atoms with Crippen LogP contribution < -0.4 is 14.2 Å². The van der Waals surface area contributed by atoms with Crippen molar-refractivity contribution in [3.05, 3.63) is 76.3 Å². The number of H-pyrrole nitrogens is 1. The highest BCUT2D eigenvalue weighted by atomic mass is 16.7. The lowest BCUT2D eigenvalue weighted by Gasteiger charge is -2.12. The maximum atomic E-state index is 11.4. The standard InChI is InChI=1S/C29H31NO5/c1-17-14-18(2)20(4)26(15-17)34-13-7-10-25-24-9-6-8-23(27(24)30-28(25)35-29(31)32)22-12-11-21(33-5)16-19(22)3/h6,8-9,11-12,14-16,30H,7,10,13H2,1-5H3,(H,31,32). The average Bonchev–Trinajstić information content (AvgIpc) is 3.16. The minimum absolute atomic E-state index is 0.258. The molecular weight excluding hydrogens is 442 g/mol. The maximum absolute atomic E-state index is 11.4. The average molecular weight is 474 g/mol. The van der Waals surface area contributed by atoms with Gasteiger partial charge in [-0.3, -0.25) is 0 Å². The number of rotatable bonds is 8. The minimum atomic E-state index is -1.35. The molecule has 0 saturated carbocycles. The van der Waals surface area contributed by atoms with E-state index >= 15 is 0 Å². The first-order valence-corrected chi connectivity index (χ1v) is 11.7. The number of aryl methyl sites for hydroxylation is 4. The van der Waals surface area contributed by atoms with Gasteiger partial charge in [0.2, 0.25) is 5.88 Å². The lowest BCUT2D eigenvalue weighted by Crippen LogP contribution is -2.06. The molecular formula is C29H31NO5. The number of methoxy groups -OCH3 is 1. The van der Waals surface area contributed by atoms with E-state index in [4.69, 9.17) is 14.2 Å². The van der Waals surface area contributed by atoms with Crippen LogP contribution in [-0.2, 0) is 6.42 Å². The third kappa shape index (κ3) is 5.11. The number of fused-ring (bicyclic) bond motifs is 1. The fourth-order valence-electron chi connectivity index (χ4n) is 4.54. The monoisotopic (exact) mass is 473 g/mol. The second kappa shape index (κ2) is 10.1. The lowest BCUT2D eigenvalue weighted by atomic mass is 9.97. The number of aromatic nitrogens is 1. The van der Waals surface area contributed by atoms with Crippen molar-refractivity contribution in [3.63, 3.8) is 0 Å². The summed E-state index contributed by atoms with van der Waals surface area (Å²) in [7, 11) is 1.65. The lowest BCUT2D eigenvalue weighted by molar-refractivity contribution is 0.142. The summed E-state index contributed by atoms with van der Waals surface area (Å²) in [6, 6.07) is 16.1. The molecule has 0 saturated heterocycles. The molecule has 0 bridgehead atoms. The second-order valence-corrected chi connectivity index (χ2v) is 8.87. The van der Waals surface area contributed by atoms with Crippen LogP contribution in [-0.4, -0.2) is 30.0 Å². The Kier molecular flexibility index (Phi) is 7.01. The summed E-state index contributed by atoms with van der Waals surface area (Å²) in [5.41, 5.74) is 8.26. The molecule has 35 heavy (non-hydrogen) atoms. The van der Waals surface area contributed by atoms with Crippen LogP contribution in [0.15, 0.2) is 48.5 Å². The van der Waals surface area contributed by atoms with E-state index in [1.807, 2.05) is 43.3 Å². The molecule has 0 unspecified atom stereocenters. The van der Waals surface area contributed by atoms with E-state index in [9.17, 15) is 9.90 Å². The van der Waals surface area contributed by atoms with E-state index in [-0.39, 0.29) is 5.88 Å². The minimum Gasteiger partial charge on any atom is -0.497 e. The molecule has 182 valence electrons. The van der Waals surface area contributed by atoms with Gasteiger partial charge >= 0.3 is 6.16 Å². The van der Waals surface area contributed by atoms with E-state index in [1.165, 1.54) is 11.1 Å². The van der Waals surface area contributed by atoms with Gasteiger partial charge in [-0.2, -0.15) is 0 Å². The van der Waals surface area contributed by atoms with Crippen LogP contribution in [0.3, 0.4) is 0 Å². The predicted octanol–water partition coefficient (Wildman–Crippen LogP) is 7.15. The smallest absolute Gasteiger partial charge is 0.497 e. The number of ether oxygens (including phenoxy) is 3. The van der Waals surface area contributed by atoms with Crippen LogP contribution >= 0.6 is 0 Å². The van der Waals surface area contributed by atoms with E-state index in [0.717, 1.165) is 50.2 Å². The molecule has 4 rings (SSSR count). The summed E-state index contributed by atoms with van der Waals surface area (Å²) in [4.78, 5) is 14.6. The largest absolute Gasteiger partial charge is 0.512 e. The molecule has 1 heterocycles. The first-order chi connectivity index (χ1) is 16.8. The Morgan fingerprint density at radius 2 is 1.77 bits per heavy atom. The molecule has 0 aliphatic rings. The molecule has 0 spiro atoms. The van der Waals surface area contributed by atoms with Gasteiger partial charge in [-0.1, -0.05) is 30.3 Å². The van der Waals surface area contributed by atoms with Crippen LogP contribution in [0.25, 0.3) is 22.0 Å². The van der Waals surface area contributed by atoms with Crippen LogP contribution in [0, 0.1) is 27.7 Å². The normalized spacial score (nSPS) is 11.0. The zero-order valence-electron chi connectivity index (χ0n) is 20.8. The fourth-order valence-corrected chi connectivity index (χ4v) is 4.54. The number of benzene rings is 3. The second-order valence-electron chi connectivity index (χ2n) is 8.87. The van der Waals surface area contributed by atoms with Crippen molar-refractivity contribution in [2.24, 2.45) is 0 Å². The van der Waals surface area contributed by atoms with Crippen molar-refractivity contribution in [1.29, 1.82) is 0 Å². The molecule has 0 fully saturated rings. The zero-order chi connectivity index (χ0) is 25.1. The van der Waals surface area contributed by atoms with E-state index in [1.54, 1.807) is 7.11 Å². The maximum Gasteiger partial charge on any atom is 0.512 e. The molecule has 3 aromatic carbocycles. The van der Waals surface area contributed by atoms with Crippen LogP contribution in [0.1, 0.15) is 34.2 Å². The van der Waals surface area contributed by atoms with Crippen molar-refractivity contribution >= 4 is 17.1 Å². The SMILES string of the molecule is COc1ccc(-c2cccc3c(CCCOc4cc(C)cc(C)c4C)c(OC(=O)O)[nH]c23)c(C)c1. The van der Waals surface area contributed by atoms with E-state index in [0.29, 0.717) is 19.4 Å². The third-order valence-corrected chi connectivity index (χ3v) is 6.41. The van der Waals surface area contributed by atoms with Crippen molar-refractivity contribution in [3.8, 4) is 28.5 Å². The number of aromatic amines is 1. The zero-order valence-corrected chi connectivity index (χ0v) is 20.8. The van der Waals surface area contributed by atoms with Gasteiger partial charge in [0.15, 0.2) is 0 Å². The Bertz CT molecular complexity index is 1390. The summed E-state index contributed by atoms with van der Waals surface area (Å²) >= 11 is 0. The Morgan fingerprint density at radius 3 is 2.49 bits per heavy atom. The summed E-state index contributed by atoms with van der Waals surface area (Å²) in [5.74, 6) is 1.94. The predicted molar refractivity (Wildman–Crippen MR) is 138 cm³/mol.